The first kappa shape index (κ1) is 15.3. The van der Waals surface area contributed by atoms with Gasteiger partial charge in [-0.05, 0) is 57.9 Å². The van der Waals surface area contributed by atoms with Crippen LogP contribution in [0.1, 0.15) is 72.1 Å². The molecule has 1 saturated heterocycles. The van der Waals surface area contributed by atoms with Gasteiger partial charge in [0.15, 0.2) is 0 Å². The molecule has 0 aromatic carbocycles. The summed E-state index contributed by atoms with van der Waals surface area (Å²) in [6, 6.07) is 0.589. The van der Waals surface area contributed by atoms with Crippen molar-refractivity contribution in [2.45, 2.75) is 89.9 Å². The minimum Gasteiger partial charge on any atom is -0.372 e. The van der Waals surface area contributed by atoms with Gasteiger partial charge in [-0.1, -0.05) is 33.1 Å². The largest absolute Gasteiger partial charge is 0.372 e. The van der Waals surface area contributed by atoms with Crippen molar-refractivity contribution >= 4 is 0 Å². The van der Waals surface area contributed by atoms with Crippen LogP contribution in [0.5, 0.6) is 0 Å². The summed E-state index contributed by atoms with van der Waals surface area (Å²) in [6.07, 6.45) is 11.2. The maximum absolute atomic E-state index is 6.54. The third-order valence-electron chi connectivity index (χ3n) is 5.59. The summed E-state index contributed by atoms with van der Waals surface area (Å²) >= 11 is 0. The average molecular weight is 267 g/mol. The number of hydrogen-bond donors (Lipinski definition) is 1. The van der Waals surface area contributed by atoms with Gasteiger partial charge in [-0.3, -0.25) is 0 Å². The van der Waals surface area contributed by atoms with Crippen LogP contribution in [0.2, 0.25) is 0 Å². The minimum atomic E-state index is 0.285. The first-order valence-corrected chi connectivity index (χ1v) is 8.41. The van der Waals surface area contributed by atoms with Crippen LogP contribution in [0.25, 0.3) is 0 Å². The Balaban J connectivity index is 1.89. The van der Waals surface area contributed by atoms with Crippen molar-refractivity contribution in [2.24, 2.45) is 11.8 Å². The Labute approximate surface area is 119 Å². The van der Waals surface area contributed by atoms with E-state index in [4.69, 9.17) is 4.74 Å². The molecule has 1 aliphatic heterocycles. The minimum absolute atomic E-state index is 0.285. The second kappa shape index (κ2) is 6.58. The smallest absolute Gasteiger partial charge is 0.0687 e. The Kier molecular flexibility index (Phi) is 5.30. The summed E-state index contributed by atoms with van der Waals surface area (Å²) < 4.78 is 6.54. The molecule has 3 unspecified atom stereocenters. The molecule has 0 radical (unpaired) electrons. The number of nitrogens with one attached hydrogen (secondary N) is 1. The highest BCUT2D eigenvalue weighted by molar-refractivity contribution is 4.92. The number of hydrogen-bond acceptors (Lipinski definition) is 2. The molecule has 2 aliphatic rings. The highest BCUT2D eigenvalue weighted by Gasteiger charge is 2.41. The van der Waals surface area contributed by atoms with Crippen LogP contribution in [0, 0.1) is 11.8 Å². The van der Waals surface area contributed by atoms with Crippen molar-refractivity contribution in [3.8, 4) is 0 Å². The van der Waals surface area contributed by atoms with Gasteiger partial charge in [0.1, 0.15) is 0 Å². The van der Waals surface area contributed by atoms with Crippen LogP contribution in [0.3, 0.4) is 0 Å². The average Bonchev–Trinajstić information content (AvgIpc) is 2.78. The summed E-state index contributed by atoms with van der Waals surface area (Å²) in [6.45, 7) is 7.02. The molecule has 0 aromatic heterocycles. The Hall–Kier alpha value is -0.0800. The van der Waals surface area contributed by atoms with Gasteiger partial charge in [-0.15, -0.1) is 0 Å². The lowest BCUT2D eigenvalue weighted by Gasteiger charge is -2.35. The Morgan fingerprint density at radius 2 is 1.79 bits per heavy atom. The van der Waals surface area contributed by atoms with E-state index in [0.717, 1.165) is 11.8 Å². The van der Waals surface area contributed by atoms with Crippen molar-refractivity contribution in [3.63, 3.8) is 0 Å². The molecule has 0 bridgehead atoms. The topological polar surface area (TPSA) is 21.3 Å². The molecule has 2 nitrogen and oxygen atoms in total. The zero-order valence-corrected chi connectivity index (χ0v) is 13.4. The van der Waals surface area contributed by atoms with Crippen molar-refractivity contribution in [1.29, 1.82) is 0 Å². The van der Waals surface area contributed by atoms with Gasteiger partial charge in [0.25, 0.3) is 0 Å². The third kappa shape index (κ3) is 3.72. The lowest BCUT2D eigenvalue weighted by molar-refractivity contribution is -0.0726. The van der Waals surface area contributed by atoms with E-state index in [9.17, 15) is 0 Å². The van der Waals surface area contributed by atoms with Gasteiger partial charge in [0.05, 0.1) is 11.7 Å². The monoisotopic (exact) mass is 267 g/mol. The van der Waals surface area contributed by atoms with E-state index in [1.807, 2.05) is 0 Å². The van der Waals surface area contributed by atoms with E-state index in [0.29, 0.717) is 12.1 Å². The second-order valence-electron chi connectivity index (χ2n) is 7.24. The molecule has 19 heavy (non-hydrogen) atoms. The van der Waals surface area contributed by atoms with E-state index in [1.54, 1.807) is 0 Å². The first-order chi connectivity index (χ1) is 9.06. The van der Waals surface area contributed by atoms with Gasteiger partial charge in [0, 0.05) is 6.04 Å². The molecular weight excluding hydrogens is 234 g/mol. The van der Waals surface area contributed by atoms with Crippen LogP contribution in [0.4, 0.5) is 0 Å². The summed E-state index contributed by atoms with van der Waals surface area (Å²) in [7, 11) is 2.08. The van der Waals surface area contributed by atoms with Crippen molar-refractivity contribution < 1.29 is 4.74 Å². The Morgan fingerprint density at radius 1 is 1.11 bits per heavy atom. The normalized spacial score (nSPS) is 29.8. The predicted octanol–water partition coefficient (Wildman–Crippen LogP) is 4.14. The van der Waals surface area contributed by atoms with Crippen LogP contribution in [-0.4, -0.2) is 24.8 Å². The molecule has 2 rings (SSSR count). The SMILES string of the molecule is CNC(C)C(CC1CCC2(CCCCC2)O1)C(C)C. The first-order valence-electron chi connectivity index (χ1n) is 8.41. The van der Waals surface area contributed by atoms with Crippen molar-refractivity contribution in [2.75, 3.05) is 7.05 Å². The molecule has 0 amide bonds. The van der Waals surface area contributed by atoms with E-state index in [-0.39, 0.29) is 5.60 Å². The summed E-state index contributed by atoms with van der Waals surface area (Å²) in [4.78, 5) is 0. The lowest BCUT2D eigenvalue weighted by Crippen LogP contribution is -2.37. The van der Waals surface area contributed by atoms with Crippen molar-refractivity contribution in [1.82, 2.24) is 5.32 Å². The lowest BCUT2D eigenvalue weighted by atomic mass is 9.82. The Bertz CT molecular complexity index is 270. The van der Waals surface area contributed by atoms with Gasteiger partial charge < -0.3 is 10.1 Å². The molecule has 112 valence electrons. The molecule has 0 aromatic rings. The van der Waals surface area contributed by atoms with Crippen molar-refractivity contribution in [3.05, 3.63) is 0 Å². The van der Waals surface area contributed by atoms with Crippen LogP contribution >= 0.6 is 0 Å². The number of ether oxygens (including phenoxy) is 1. The second-order valence-corrected chi connectivity index (χ2v) is 7.24. The molecule has 3 atom stereocenters. The maximum Gasteiger partial charge on any atom is 0.0687 e. The fraction of sp³-hybridized carbons (Fsp3) is 1.00. The zero-order chi connectivity index (χ0) is 13.9. The zero-order valence-electron chi connectivity index (χ0n) is 13.4. The highest BCUT2D eigenvalue weighted by atomic mass is 16.5. The molecule has 1 saturated carbocycles. The van der Waals surface area contributed by atoms with Gasteiger partial charge in [0.2, 0.25) is 0 Å². The molecule has 1 aliphatic carbocycles. The fourth-order valence-corrected chi connectivity index (χ4v) is 4.20. The number of rotatable bonds is 5. The van der Waals surface area contributed by atoms with E-state index >= 15 is 0 Å². The van der Waals surface area contributed by atoms with Crippen LogP contribution in [-0.2, 0) is 4.74 Å². The maximum atomic E-state index is 6.54. The quantitative estimate of drug-likeness (QED) is 0.808. The molecule has 2 heteroatoms. The van der Waals surface area contributed by atoms with Crippen LogP contribution in [0.15, 0.2) is 0 Å². The molecule has 1 heterocycles. The van der Waals surface area contributed by atoms with Crippen LogP contribution < -0.4 is 5.32 Å². The summed E-state index contributed by atoms with van der Waals surface area (Å²) in [5, 5.41) is 3.44. The standard InChI is InChI=1S/C17H33NO/c1-13(2)16(14(3)18-4)12-15-8-11-17(19-15)9-6-5-7-10-17/h13-16,18H,5-12H2,1-4H3. The van der Waals surface area contributed by atoms with E-state index in [1.165, 1.54) is 51.4 Å². The van der Waals surface area contributed by atoms with E-state index in [2.05, 4.69) is 33.1 Å². The predicted molar refractivity (Wildman–Crippen MR) is 81.4 cm³/mol. The fourth-order valence-electron chi connectivity index (χ4n) is 4.20. The summed E-state index contributed by atoms with van der Waals surface area (Å²) in [5.74, 6) is 1.46. The van der Waals surface area contributed by atoms with E-state index < -0.39 is 0 Å². The Morgan fingerprint density at radius 3 is 2.37 bits per heavy atom. The highest BCUT2D eigenvalue weighted by Crippen LogP contribution is 2.43. The molecule has 1 spiro atoms. The van der Waals surface area contributed by atoms with Gasteiger partial charge >= 0.3 is 0 Å². The molecule has 1 N–H and O–H groups in total. The molecule has 2 fully saturated rings. The molecular formula is C17H33NO. The van der Waals surface area contributed by atoms with Gasteiger partial charge in [-0.2, -0.15) is 0 Å². The van der Waals surface area contributed by atoms with Gasteiger partial charge in [-0.25, -0.2) is 0 Å². The summed E-state index contributed by atoms with van der Waals surface area (Å²) in [5.41, 5.74) is 0.285. The third-order valence-corrected chi connectivity index (χ3v) is 5.59.